The highest BCUT2D eigenvalue weighted by molar-refractivity contribution is 7.09. The highest BCUT2D eigenvalue weighted by Crippen LogP contribution is 2.21. The Kier molecular flexibility index (Phi) is 4.16. The zero-order valence-corrected chi connectivity index (χ0v) is 11.7. The van der Waals surface area contributed by atoms with Crippen molar-refractivity contribution >= 4 is 17.3 Å². The van der Waals surface area contributed by atoms with Gasteiger partial charge in [-0.2, -0.15) is 0 Å². The monoisotopic (exact) mass is 277 g/mol. The molecule has 0 saturated carbocycles. The SMILES string of the molecule is Cc1ccc(C(=O)O)c(OCCc2scnc2C)c1. The first-order chi connectivity index (χ1) is 9.08. The molecule has 0 atom stereocenters. The number of carbonyl (C=O) groups is 1. The zero-order chi connectivity index (χ0) is 13.8. The van der Waals surface area contributed by atoms with E-state index in [0.29, 0.717) is 12.4 Å². The third-order valence-corrected chi connectivity index (χ3v) is 3.79. The van der Waals surface area contributed by atoms with Crippen LogP contribution in [-0.2, 0) is 6.42 Å². The van der Waals surface area contributed by atoms with Crippen molar-refractivity contribution in [2.24, 2.45) is 0 Å². The molecule has 0 bridgehead atoms. The van der Waals surface area contributed by atoms with E-state index in [1.807, 2.05) is 13.8 Å². The van der Waals surface area contributed by atoms with Gasteiger partial charge in [-0.05, 0) is 31.5 Å². The Hall–Kier alpha value is -1.88. The second-order valence-electron chi connectivity index (χ2n) is 4.26. The van der Waals surface area contributed by atoms with Gasteiger partial charge in [-0.1, -0.05) is 6.07 Å². The average molecular weight is 277 g/mol. The molecule has 0 aliphatic carbocycles. The lowest BCUT2D eigenvalue weighted by Gasteiger charge is -2.09. The van der Waals surface area contributed by atoms with Gasteiger partial charge in [-0.25, -0.2) is 9.78 Å². The number of nitrogens with zero attached hydrogens (tertiary/aromatic N) is 1. The normalized spacial score (nSPS) is 10.4. The molecule has 0 spiro atoms. The van der Waals surface area contributed by atoms with Crippen molar-refractivity contribution in [1.82, 2.24) is 4.98 Å². The molecule has 100 valence electrons. The van der Waals surface area contributed by atoms with E-state index in [2.05, 4.69) is 4.98 Å². The quantitative estimate of drug-likeness (QED) is 0.912. The Balaban J connectivity index is 2.05. The summed E-state index contributed by atoms with van der Waals surface area (Å²) in [6, 6.07) is 5.09. The molecule has 19 heavy (non-hydrogen) atoms. The Morgan fingerprint density at radius 2 is 2.21 bits per heavy atom. The Morgan fingerprint density at radius 1 is 1.42 bits per heavy atom. The van der Waals surface area contributed by atoms with E-state index >= 15 is 0 Å². The average Bonchev–Trinajstić information content (AvgIpc) is 2.75. The fourth-order valence-electron chi connectivity index (χ4n) is 1.75. The molecule has 2 rings (SSSR count). The smallest absolute Gasteiger partial charge is 0.339 e. The summed E-state index contributed by atoms with van der Waals surface area (Å²) in [4.78, 5) is 16.4. The Labute approximate surface area is 115 Å². The van der Waals surface area contributed by atoms with Crippen LogP contribution in [0.25, 0.3) is 0 Å². The third-order valence-electron chi connectivity index (χ3n) is 2.80. The maximum absolute atomic E-state index is 11.1. The molecular formula is C14H15NO3S. The first kappa shape index (κ1) is 13.5. The number of thiazole rings is 1. The van der Waals surface area contributed by atoms with Crippen molar-refractivity contribution in [3.8, 4) is 5.75 Å². The molecular weight excluding hydrogens is 262 g/mol. The van der Waals surface area contributed by atoms with Gasteiger partial charge in [-0.3, -0.25) is 0 Å². The molecule has 0 radical (unpaired) electrons. The number of carboxylic acids is 1. The minimum atomic E-state index is -0.969. The summed E-state index contributed by atoms with van der Waals surface area (Å²) in [5.74, 6) is -0.543. The lowest BCUT2D eigenvalue weighted by molar-refractivity contribution is 0.0692. The lowest BCUT2D eigenvalue weighted by atomic mass is 10.1. The van der Waals surface area contributed by atoms with Crippen LogP contribution in [0.1, 0.15) is 26.5 Å². The fraction of sp³-hybridized carbons (Fsp3) is 0.286. The molecule has 5 heteroatoms. The van der Waals surface area contributed by atoms with Crippen LogP contribution in [0.15, 0.2) is 23.7 Å². The minimum absolute atomic E-state index is 0.201. The standard InChI is InChI=1S/C14H15NO3S/c1-9-3-4-11(14(16)17)12(7-9)18-6-5-13-10(2)15-8-19-13/h3-4,7-8H,5-6H2,1-2H3,(H,16,17). The van der Waals surface area contributed by atoms with Gasteiger partial charge < -0.3 is 9.84 Å². The van der Waals surface area contributed by atoms with E-state index in [9.17, 15) is 4.79 Å². The Bertz CT molecular complexity index is 592. The molecule has 0 fully saturated rings. The number of aromatic nitrogens is 1. The largest absolute Gasteiger partial charge is 0.492 e. The van der Waals surface area contributed by atoms with Gasteiger partial charge in [0.1, 0.15) is 11.3 Å². The van der Waals surface area contributed by atoms with E-state index < -0.39 is 5.97 Å². The highest BCUT2D eigenvalue weighted by atomic mass is 32.1. The second-order valence-corrected chi connectivity index (χ2v) is 5.20. The van der Waals surface area contributed by atoms with Crippen LogP contribution in [0.4, 0.5) is 0 Å². The van der Waals surface area contributed by atoms with Crippen molar-refractivity contribution in [2.45, 2.75) is 20.3 Å². The van der Waals surface area contributed by atoms with E-state index in [4.69, 9.17) is 9.84 Å². The van der Waals surface area contributed by atoms with Crippen LogP contribution < -0.4 is 4.74 Å². The first-order valence-electron chi connectivity index (χ1n) is 5.93. The van der Waals surface area contributed by atoms with E-state index in [1.165, 1.54) is 4.88 Å². The van der Waals surface area contributed by atoms with Crippen molar-refractivity contribution < 1.29 is 14.6 Å². The van der Waals surface area contributed by atoms with Gasteiger partial charge in [0.05, 0.1) is 17.8 Å². The summed E-state index contributed by atoms with van der Waals surface area (Å²) in [5.41, 5.74) is 4.00. The number of rotatable bonds is 5. The lowest BCUT2D eigenvalue weighted by Crippen LogP contribution is -2.06. The number of hydrogen-bond donors (Lipinski definition) is 1. The third kappa shape index (κ3) is 3.32. The Morgan fingerprint density at radius 3 is 2.84 bits per heavy atom. The summed E-state index contributed by atoms with van der Waals surface area (Å²) in [6.07, 6.45) is 0.740. The molecule has 0 aliphatic rings. The number of ether oxygens (including phenoxy) is 1. The number of aryl methyl sites for hydroxylation is 2. The van der Waals surface area contributed by atoms with Crippen LogP contribution in [0, 0.1) is 13.8 Å². The van der Waals surface area contributed by atoms with Gasteiger partial charge in [0.15, 0.2) is 0 Å². The number of aromatic carboxylic acids is 1. The second kappa shape index (κ2) is 5.84. The van der Waals surface area contributed by atoms with Crippen LogP contribution in [0.3, 0.4) is 0 Å². The maximum Gasteiger partial charge on any atom is 0.339 e. The number of hydrogen-bond acceptors (Lipinski definition) is 4. The molecule has 0 aliphatic heterocycles. The summed E-state index contributed by atoms with van der Waals surface area (Å²) >= 11 is 1.59. The summed E-state index contributed by atoms with van der Waals surface area (Å²) in [7, 11) is 0. The van der Waals surface area contributed by atoms with Crippen molar-refractivity contribution in [3.63, 3.8) is 0 Å². The number of benzene rings is 1. The fourth-order valence-corrected chi connectivity index (χ4v) is 2.51. The van der Waals surface area contributed by atoms with Gasteiger partial charge in [0.2, 0.25) is 0 Å². The van der Waals surface area contributed by atoms with Gasteiger partial charge in [0, 0.05) is 11.3 Å². The molecule has 4 nitrogen and oxygen atoms in total. The van der Waals surface area contributed by atoms with Crippen molar-refractivity contribution in [3.05, 3.63) is 45.4 Å². The first-order valence-corrected chi connectivity index (χ1v) is 6.81. The molecule has 1 aromatic carbocycles. The van der Waals surface area contributed by atoms with Gasteiger partial charge in [-0.15, -0.1) is 11.3 Å². The van der Waals surface area contributed by atoms with E-state index in [0.717, 1.165) is 17.7 Å². The highest BCUT2D eigenvalue weighted by Gasteiger charge is 2.11. The maximum atomic E-state index is 11.1. The van der Waals surface area contributed by atoms with Gasteiger partial charge >= 0.3 is 5.97 Å². The molecule has 0 saturated heterocycles. The summed E-state index contributed by atoms with van der Waals surface area (Å²) in [6.45, 7) is 4.32. The summed E-state index contributed by atoms with van der Waals surface area (Å²) < 4.78 is 5.61. The zero-order valence-electron chi connectivity index (χ0n) is 10.8. The molecule has 0 unspecified atom stereocenters. The molecule has 0 amide bonds. The van der Waals surface area contributed by atoms with E-state index in [1.54, 1.807) is 35.0 Å². The molecule has 1 aromatic heterocycles. The van der Waals surface area contributed by atoms with Crippen LogP contribution in [0.5, 0.6) is 5.75 Å². The molecule has 1 N–H and O–H groups in total. The molecule has 2 aromatic rings. The predicted molar refractivity (Wildman–Crippen MR) is 74.2 cm³/mol. The van der Waals surface area contributed by atoms with Crippen LogP contribution in [0.2, 0.25) is 0 Å². The van der Waals surface area contributed by atoms with Crippen LogP contribution in [-0.4, -0.2) is 22.7 Å². The minimum Gasteiger partial charge on any atom is -0.492 e. The number of carboxylic acid groups (broad SMARTS) is 1. The molecule has 1 heterocycles. The van der Waals surface area contributed by atoms with Crippen molar-refractivity contribution in [1.29, 1.82) is 0 Å². The van der Waals surface area contributed by atoms with Crippen molar-refractivity contribution in [2.75, 3.05) is 6.61 Å². The topological polar surface area (TPSA) is 59.4 Å². The van der Waals surface area contributed by atoms with E-state index in [-0.39, 0.29) is 5.56 Å². The predicted octanol–water partition coefficient (Wildman–Crippen LogP) is 3.08. The van der Waals surface area contributed by atoms with Crippen LogP contribution >= 0.6 is 11.3 Å². The summed E-state index contributed by atoms with van der Waals surface area (Å²) in [5, 5.41) is 9.10. The van der Waals surface area contributed by atoms with Gasteiger partial charge in [0.25, 0.3) is 0 Å².